The van der Waals surface area contributed by atoms with Gasteiger partial charge in [0, 0.05) is 48.3 Å². The molecule has 47 heavy (non-hydrogen) atoms. The van der Waals surface area contributed by atoms with Crippen molar-refractivity contribution in [2.75, 3.05) is 13.1 Å². The maximum atomic E-state index is 13.9. The van der Waals surface area contributed by atoms with E-state index in [1.807, 2.05) is 82.8 Å². The number of aliphatic hydroxyl groups excluding tert-OH is 1. The van der Waals surface area contributed by atoms with E-state index in [1.54, 1.807) is 35.6 Å². The molecule has 3 heterocycles. The molecule has 7 nitrogen and oxygen atoms in total. The van der Waals surface area contributed by atoms with Gasteiger partial charge in [0.05, 0.1) is 18.1 Å². The van der Waals surface area contributed by atoms with Gasteiger partial charge in [-0.2, -0.15) is 0 Å². The minimum absolute atomic E-state index is 0.0529. The van der Waals surface area contributed by atoms with Crippen LogP contribution in [0, 0.1) is 24.7 Å². The van der Waals surface area contributed by atoms with Crippen LogP contribution in [0.2, 0.25) is 0 Å². The zero-order valence-corrected chi connectivity index (χ0v) is 27.9. The van der Waals surface area contributed by atoms with Crippen LogP contribution in [0.1, 0.15) is 81.2 Å². The number of hydrogen-bond acceptors (Lipinski definition) is 6. The van der Waals surface area contributed by atoms with Gasteiger partial charge < -0.3 is 14.9 Å². The highest BCUT2D eigenvalue weighted by Gasteiger charge is 2.41. The number of hydrogen-bond donors (Lipinski definition) is 1. The van der Waals surface area contributed by atoms with Gasteiger partial charge in [0.1, 0.15) is 5.01 Å². The average molecular weight is 650 g/mol. The van der Waals surface area contributed by atoms with Crippen molar-refractivity contribution >= 4 is 28.9 Å². The van der Waals surface area contributed by atoms with Gasteiger partial charge >= 0.3 is 0 Å². The number of ketones is 1. The van der Waals surface area contributed by atoms with Crippen molar-refractivity contribution in [1.29, 1.82) is 0 Å². The first-order chi connectivity index (χ1) is 22.8. The molecule has 8 heteroatoms. The van der Waals surface area contributed by atoms with E-state index in [0.717, 1.165) is 34.7 Å². The summed E-state index contributed by atoms with van der Waals surface area (Å²) in [6.07, 6.45) is 1.89. The normalized spacial score (nSPS) is 21.1. The molecule has 2 aliphatic heterocycles. The van der Waals surface area contributed by atoms with Gasteiger partial charge in [-0.05, 0) is 67.7 Å². The van der Waals surface area contributed by atoms with E-state index < -0.39 is 17.9 Å². The molecule has 2 saturated heterocycles. The Bertz CT molecular complexity index is 1690. The molecule has 5 atom stereocenters. The quantitative estimate of drug-likeness (QED) is 0.179. The molecule has 2 amide bonds. The van der Waals surface area contributed by atoms with Crippen LogP contribution in [0.4, 0.5) is 0 Å². The predicted octanol–water partition coefficient (Wildman–Crippen LogP) is 6.91. The number of aliphatic hydroxyl groups is 1. The number of likely N-dealkylation sites (tertiary alicyclic amines) is 2. The van der Waals surface area contributed by atoms with Crippen LogP contribution in [0.15, 0.2) is 90.3 Å². The topological polar surface area (TPSA) is 90.8 Å². The van der Waals surface area contributed by atoms with Crippen LogP contribution in [-0.2, 0) is 17.8 Å². The Kier molecular flexibility index (Phi) is 10.3. The maximum Gasteiger partial charge on any atom is 0.254 e. The summed E-state index contributed by atoms with van der Waals surface area (Å²) in [4.78, 5) is 49.9. The lowest BCUT2D eigenvalue weighted by atomic mass is 9.77. The van der Waals surface area contributed by atoms with E-state index in [-0.39, 0.29) is 36.0 Å². The van der Waals surface area contributed by atoms with Gasteiger partial charge in [-0.1, -0.05) is 79.7 Å². The maximum absolute atomic E-state index is 13.9. The van der Waals surface area contributed by atoms with Crippen molar-refractivity contribution in [1.82, 2.24) is 14.8 Å². The summed E-state index contributed by atoms with van der Waals surface area (Å²) >= 11 is 1.58. The molecule has 2 fully saturated rings. The first-order valence-corrected chi connectivity index (χ1v) is 17.6. The Morgan fingerprint density at radius 2 is 1.68 bits per heavy atom. The van der Waals surface area contributed by atoms with Crippen molar-refractivity contribution in [3.63, 3.8) is 0 Å². The lowest BCUT2D eigenvalue weighted by Gasteiger charge is -2.40. The molecular weight excluding hydrogens is 607 g/mol. The van der Waals surface area contributed by atoms with Crippen molar-refractivity contribution in [2.45, 2.75) is 64.6 Å². The SMILES string of the molecule is Cc1csc(C2CCCN2C(=O)c2cccc(C(=O)C[C@@H](Cc3ccccc3)[C@H](O)[C@@H]3CC(C)CN(Cc4ccccc4)C3=O)c2)n1. The lowest BCUT2D eigenvalue weighted by Crippen LogP contribution is -2.50. The second-order valence-electron chi connectivity index (χ2n) is 13.3. The Morgan fingerprint density at radius 1 is 0.979 bits per heavy atom. The molecule has 1 N–H and O–H groups in total. The first-order valence-electron chi connectivity index (χ1n) is 16.7. The minimum atomic E-state index is -0.996. The number of carbonyl (C=O) groups excluding carboxylic acids is 3. The van der Waals surface area contributed by atoms with Crippen LogP contribution in [-0.4, -0.2) is 56.7 Å². The molecule has 2 aliphatic rings. The van der Waals surface area contributed by atoms with Crippen LogP contribution >= 0.6 is 11.3 Å². The van der Waals surface area contributed by atoms with E-state index in [4.69, 9.17) is 0 Å². The number of aryl methyl sites for hydroxylation is 1. The van der Waals surface area contributed by atoms with E-state index in [0.29, 0.717) is 43.6 Å². The van der Waals surface area contributed by atoms with Crippen molar-refractivity contribution < 1.29 is 19.5 Å². The summed E-state index contributed by atoms with van der Waals surface area (Å²) in [6, 6.07) is 26.6. The average Bonchev–Trinajstić information content (AvgIpc) is 3.75. The van der Waals surface area contributed by atoms with Crippen LogP contribution < -0.4 is 0 Å². The second-order valence-corrected chi connectivity index (χ2v) is 14.2. The van der Waals surface area contributed by atoms with Gasteiger partial charge in [-0.3, -0.25) is 14.4 Å². The smallest absolute Gasteiger partial charge is 0.254 e. The van der Waals surface area contributed by atoms with Crippen LogP contribution in [0.5, 0.6) is 0 Å². The van der Waals surface area contributed by atoms with E-state index >= 15 is 0 Å². The summed E-state index contributed by atoms with van der Waals surface area (Å²) in [5.41, 5.74) is 3.93. The summed E-state index contributed by atoms with van der Waals surface area (Å²) in [5.74, 6) is -1.17. The Morgan fingerprint density at radius 3 is 2.38 bits per heavy atom. The third kappa shape index (κ3) is 7.71. The van der Waals surface area contributed by atoms with Crippen LogP contribution in [0.25, 0.3) is 0 Å². The molecule has 0 bridgehead atoms. The van der Waals surface area contributed by atoms with Crippen molar-refractivity contribution in [3.05, 3.63) is 123 Å². The second kappa shape index (κ2) is 14.7. The van der Waals surface area contributed by atoms with Gasteiger partial charge in [-0.15, -0.1) is 11.3 Å². The summed E-state index contributed by atoms with van der Waals surface area (Å²) in [7, 11) is 0. The Labute approximate surface area is 281 Å². The zero-order valence-electron chi connectivity index (χ0n) is 27.1. The summed E-state index contributed by atoms with van der Waals surface area (Å²) in [6.45, 7) is 5.87. The summed E-state index contributed by atoms with van der Waals surface area (Å²) < 4.78 is 0. The largest absolute Gasteiger partial charge is 0.392 e. The predicted molar refractivity (Wildman–Crippen MR) is 184 cm³/mol. The third-order valence-corrected chi connectivity index (χ3v) is 10.6. The highest BCUT2D eigenvalue weighted by atomic mass is 32.1. The number of amides is 2. The summed E-state index contributed by atoms with van der Waals surface area (Å²) in [5, 5.41) is 14.9. The van der Waals surface area contributed by atoms with Gasteiger partial charge in [0.2, 0.25) is 5.91 Å². The number of aromatic nitrogens is 1. The molecule has 3 aromatic carbocycles. The molecule has 0 saturated carbocycles. The van der Waals surface area contributed by atoms with Crippen molar-refractivity contribution in [3.8, 4) is 0 Å². The third-order valence-electron chi connectivity index (χ3n) is 9.58. The number of nitrogens with zero attached hydrogens (tertiary/aromatic N) is 3. The lowest BCUT2D eigenvalue weighted by molar-refractivity contribution is -0.147. The minimum Gasteiger partial charge on any atom is -0.392 e. The van der Waals surface area contributed by atoms with Crippen molar-refractivity contribution in [2.24, 2.45) is 17.8 Å². The molecule has 6 rings (SSSR count). The molecule has 0 radical (unpaired) electrons. The van der Waals surface area contributed by atoms with E-state index in [2.05, 4.69) is 11.9 Å². The van der Waals surface area contributed by atoms with E-state index in [9.17, 15) is 19.5 Å². The molecule has 0 spiro atoms. The number of rotatable bonds is 11. The highest BCUT2D eigenvalue weighted by Crippen LogP contribution is 2.36. The Balaban J connectivity index is 1.21. The van der Waals surface area contributed by atoms with Gasteiger partial charge in [0.25, 0.3) is 5.91 Å². The number of piperidine rings is 1. The molecular formula is C39H43N3O4S. The monoisotopic (exact) mass is 649 g/mol. The first kappa shape index (κ1) is 32.8. The van der Waals surface area contributed by atoms with Gasteiger partial charge in [0.15, 0.2) is 5.78 Å². The highest BCUT2D eigenvalue weighted by molar-refractivity contribution is 7.09. The molecule has 4 aromatic rings. The Hall–Kier alpha value is -4.14. The number of Topliss-reactive ketones (excluding diaryl/α,β-unsaturated/α-hetero) is 1. The van der Waals surface area contributed by atoms with E-state index in [1.165, 1.54) is 0 Å². The number of benzene rings is 3. The number of thiazole rings is 1. The molecule has 244 valence electrons. The zero-order chi connectivity index (χ0) is 32.9. The molecule has 2 unspecified atom stereocenters. The fourth-order valence-electron chi connectivity index (χ4n) is 7.24. The van der Waals surface area contributed by atoms with Crippen LogP contribution in [0.3, 0.4) is 0 Å². The molecule has 0 aliphatic carbocycles. The standard InChI is InChI=1S/C39H43N3O4S/c1-26-19-33(39(46)41(23-26)24-29-13-7-4-8-14-29)36(44)32(20-28-11-5-3-6-12-28)22-35(43)30-15-9-16-31(21-30)38(45)42-18-10-17-34(42)37-40-27(2)25-47-37/h3-9,11-16,21,25-26,32-34,36,44H,10,17-20,22-24H2,1-2H3/t26?,32-,33+,34?,36+/m1/s1. The fraction of sp³-hybridized carbons (Fsp3) is 0.385. The molecule has 1 aromatic heterocycles. The number of carbonyl (C=O) groups is 3. The van der Waals surface area contributed by atoms with Gasteiger partial charge in [-0.25, -0.2) is 4.98 Å². The fourth-order valence-corrected chi connectivity index (χ4v) is 8.18.